The molecule has 0 amide bonds. The lowest BCUT2D eigenvalue weighted by Crippen LogP contribution is -1.97. The van der Waals surface area contributed by atoms with Crippen molar-refractivity contribution in [3.63, 3.8) is 0 Å². The van der Waals surface area contributed by atoms with Crippen LogP contribution in [0.3, 0.4) is 0 Å². The van der Waals surface area contributed by atoms with Crippen LogP contribution in [0.2, 0.25) is 0 Å². The number of nitrogens with zero attached hydrogens (tertiary/aromatic N) is 2. The van der Waals surface area contributed by atoms with E-state index in [1.807, 2.05) is 19.2 Å². The monoisotopic (exact) mass is 212 g/mol. The summed E-state index contributed by atoms with van der Waals surface area (Å²) >= 11 is 0. The van der Waals surface area contributed by atoms with E-state index in [1.54, 1.807) is 6.92 Å². The first-order valence-electron chi connectivity index (χ1n) is 4.91. The second-order valence-corrected chi connectivity index (χ2v) is 3.30. The van der Waals surface area contributed by atoms with Crippen LogP contribution >= 0.6 is 0 Å². The Hall–Kier alpha value is -2.28. The molecule has 0 atom stereocenters. The second-order valence-electron chi connectivity index (χ2n) is 3.30. The van der Waals surface area contributed by atoms with Gasteiger partial charge in [-0.3, -0.25) is 0 Å². The zero-order valence-electron chi connectivity index (χ0n) is 9.20. The molecule has 2 rings (SSSR count). The zero-order chi connectivity index (χ0) is 11.5. The Morgan fingerprint density at radius 1 is 1.31 bits per heavy atom. The van der Waals surface area contributed by atoms with Crippen molar-refractivity contribution in [1.82, 2.24) is 9.97 Å². The van der Waals surface area contributed by atoms with Crippen molar-refractivity contribution in [2.75, 3.05) is 18.1 Å². The molecule has 4 nitrogen and oxygen atoms in total. The fourth-order valence-corrected chi connectivity index (χ4v) is 1.56. The number of anilines is 2. The summed E-state index contributed by atoms with van der Waals surface area (Å²) in [6.07, 6.45) is 1.52. The molecule has 80 valence electrons. The van der Waals surface area contributed by atoms with Gasteiger partial charge in [-0.05, 0) is 19.1 Å². The third-order valence-corrected chi connectivity index (χ3v) is 2.30. The summed E-state index contributed by atoms with van der Waals surface area (Å²) < 4.78 is 0. The van der Waals surface area contributed by atoms with Crippen molar-refractivity contribution in [1.29, 1.82) is 0 Å². The van der Waals surface area contributed by atoms with Gasteiger partial charge < -0.3 is 11.1 Å². The van der Waals surface area contributed by atoms with Crippen molar-refractivity contribution in [3.05, 3.63) is 24.0 Å². The topological polar surface area (TPSA) is 63.8 Å². The maximum Gasteiger partial charge on any atom is 0.137 e. The van der Waals surface area contributed by atoms with Crippen molar-refractivity contribution in [3.8, 4) is 11.8 Å². The Kier molecular flexibility index (Phi) is 2.61. The van der Waals surface area contributed by atoms with Crippen molar-refractivity contribution in [2.45, 2.75) is 6.92 Å². The van der Waals surface area contributed by atoms with E-state index in [1.165, 1.54) is 6.33 Å². The molecule has 1 heterocycles. The van der Waals surface area contributed by atoms with Crippen LogP contribution in [0.25, 0.3) is 10.9 Å². The molecule has 1 aromatic heterocycles. The molecule has 0 bridgehead atoms. The number of benzene rings is 1. The van der Waals surface area contributed by atoms with Crippen LogP contribution in [0, 0.1) is 11.8 Å². The van der Waals surface area contributed by atoms with E-state index in [0.29, 0.717) is 5.69 Å². The van der Waals surface area contributed by atoms with E-state index in [-0.39, 0.29) is 0 Å². The molecule has 0 saturated carbocycles. The number of hydrogen-bond acceptors (Lipinski definition) is 4. The Balaban J connectivity index is 2.76. The SMILES string of the molecule is CC#Cc1cc2ncnc(NC)c2cc1N. The first kappa shape index (κ1) is 10.2. The number of fused-ring (bicyclic) bond motifs is 1. The van der Waals surface area contributed by atoms with Crippen LogP contribution in [0.5, 0.6) is 0 Å². The third kappa shape index (κ3) is 1.63. The number of nitrogens with two attached hydrogens (primary N) is 1. The summed E-state index contributed by atoms with van der Waals surface area (Å²) in [7, 11) is 1.82. The highest BCUT2D eigenvalue weighted by Gasteiger charge is 2.05. The fraction of sp³-hybridized carbons (Fsp3) is 0.167. The van der Waals surface area contributed by atoms with Gasteiger partial charge in [0.2, 0.25) is 0 Å². The molecule has 2 aromatic rings. The number of nitrogen functional groups attached to an aromatic ring is 1. The highest BCUT2D eigenvalue weighted by atomic mass is 15.0. The van der Waals surface area contributed by atoms with Gasteiger partial charge in [0.25, 0.3) is 0 Å². The Bertz CT molecular complexity index is 593. The highest BCUT2D eigenvalue weighted by Crippen LogP contribution is 2.24. The molecule has 0 aliphatic rings. The number of nitrogens with one attached hydrogen (secondary N) is 1. The molecule has 0 aliphatic heterocycles. The summed E-state index contributed by atoms with van der Waals surface area (Å²) in [6, 6.07) is 3.73. The lowest BCUT2D eigenvalue weighted by molar-refractivity contribution is 1.21. The second kappa shape index (κ2) is 4.07. The minimum absolute atomic E-state index is 0.646. The third-order valence-electron chi connectivity index (χ3n) is 2.30. The Labute approximate surface area is 93.9 Å². The maximum absolute atomic E-state index is 5.91. The van der Waals surface area contributed by atoms with Crippen molar-refractivity contribution in [2.24, 2.45) is 0 Å². The van der Waals surface area contributed by atoms with Crippen LogP contribution in [0.1, 0.15) is 12.5 Å². The summed E-state index contributed by atoms with van der Waals surface area (Å²) in [5.74, 6) is 6.55. The molecular weight excluding hydrogens is 200 g/mol. The predicted octanol–water partition coefficient (Wildman–Crippen LogP) is 1.63. The van der Waals surface area contributed by atoms with Crippen LogP contribution < -0.4 is 11.1 Å². The van der Waals surface area contributed by atoms with Gasteiger partial charge in [0.1, 0.15) is 12.1 Å². The zero-order valence-corrected chi connectivity index (χ0v) is 9.20. The summed E-state index contributed by atoms with van der Waals surface area (Å²) in [4.78, 5) is 8.33. The Morgan fingerprint density at radius 2 is 2.12 bits per heavy atom. The molecule has 1 aromatic carbocycles. The van der Waals surface area contributed by atoms with E-state index in [2.05, 4.69) is 27.1 Å². The minimum Gasteiger partial charge on any atom is -0.398 e. The standard InChI is InChI=1S/C12H12N4/c1-3-4-8-5-11-9(6-10(8)13)12(14-2)16-7-15-11/h5-7H,13H2,1-2H3,(H,14,15,16). The largest absolute Gasteiger partial charge is 0.398 e. The molecule has 0 aliphatic carbocycles. The Morgan fingerprint density at radius 3 is 2.81 bits per heavy atom. The molecule has 0 fully saturated rings. The van der Waals surface area contributed by atoms with Gasteiger partial charge in [-0.15, -0.1) is 5.92 Å². The minimum atomic E-state index is 0.646. The van der Waals surface area contributed by atoms with Gasteiger partial charge in [-0.25, -0.2) is 9.97 Å². The van der Waals surface area contributed by atoms with Crippen LogP contribution in [0.4, 0.5) is 11.5 Å². The lowest BCUT2D eigenvalue weighted by atomic mass is 10.1. The van der Waals surface area contributed by atoms with Gasteiger partial charge in [0, 0.05) is 23.7 Å². The number of hydrogen-bond donors (Lipinski definition) is 2. The summed E-state index contributed by atoms with van der Waals surface area (Å²) in [6.45, 7) is 1.78. The fourth-order valence-electron chi connectivity index (χ4n) is 1.56. The molecule has 0 spiro atoms. The van der Waals surface area contributed by atoms with Gasteiger partial charge in [0.15, 0.2) is 0 Å². The van der Waals surface area contributed by atoms with Gasteiger partial charge in [-0.1, -0.05) is 5.92 Å². The average molecular weight is 212 g/mol. The predicted molar refractivity (Wildman–Crippen MR) is 66.0 cm³/mol. The van der Waals surface area contributed by atoms with E-state index < -0.39 is 0 Å². The molecular formula is C12H12N4. The molecule has 3 N–H and O–H groups in total. The van der Waals surface area contributed by atoms with E-state index in [0.717, 1.165) is 22.3 Å². The first-order valence-corrected chi connectivity index (χ1v) is 4.91. The van der Waals surface area contributed by atoms with Crippen molar-refractivity contribution >= 4 is 22.4 Å². The van der Waals surface area contributed by atoms with E-state index in [9.17, 15) is 0 Å². The molecule has 4 heteroatoms. The van der Waals surface area contributed by atoms with Crippen molar-refractivity contribution < 1.29 is 0 Å². The summed E-state index contributed by atoms with van der Waals surface area (Å²) in [5.41, 5.74) is 8.20. The van der Waals surface area contributed by atoms with Gasteiger partial charge in [-0.2, -0.15) is 0 Å². The normalized spacial score (nSPS) is 9.62. The van der Waals surface area contributed by atoms with Gasteiger partial charge >= 0.3 is 0 Å². The van der Waals surface area contributed by atoms with Gasteiger partial charge in [0.05, 0.1) is 5.52 Å². The first-order chi connectivity index (χ1) is 7.76. The summed E-state index contributed by atoms with van der Waals surface area (Å²) in [5, 5.41) is 3.91. The molecule has 16 heavy (non-hydrogen) atoms. The number of aromatic nitrogens is 2. The molecule has 0 unspecified atom stereocenters. The quantitative estimate of drug-likeness (QED) is 0.557. The molecule has 0 saturated heterocycles. The van der Waals surface area contributed by atoms with Crippen LogP contribution in [0.15, 0.2) is 18.5 Å². The number of rotatable bonds is 1. The van der Waals surface area contributed by atoms with E-state index >= 15 is 0 Å². The van der Waals surface area contributed by atoms with Crippen LogP contribution in [-0.4, -0.2) is 17.0 Å². The van der Waals surface area contributed by atoms with Crippen LogP contribution in [-0.2, 0) is 0 Å². The molecule has 0 radical (unpaired) electrons. The average Bonchev–Trinajstić information content (AvgIpc) is 2.30. The smallest absolute Gasteiger partial charge is 0.137 e. The lowest BCUT2D eigenvalue weighted by Gasteiger charge is -2.06. The van der Waals surface area contributed by atoms with E-state index in [4.69, 9.17) is 5.73 Å². The highest BCUT2D eigenvalue weighted by molar-refractivity contribution is 5.92. The maximum atomic E-state index is 5.91.